The highest BCUT2D eigenvalue weighted by molar-refractivity contribution is 7.89. The quantitative estimate of drug-likeness (QED) is 0.675. The second-order valence-electron chi connectivity index (χ2n) is 3.95. The summed E-state index contributed by atoms with van der Waals surface area (Å²) >= 11 is 0. The van der Waals surface area contributed by atoms with Gasteiger partial charge in [0.15, 0.2) is 0 Å². The number of benzene rings is 1. The number of nitrogen functional groups attached to an aromatic ring is 1. The number of hydrogen-bond acceptors (Lipinski definition) is 4. The number of rotatable bonds is 5. The number of nitrogens with two attached hydrogens (primary N) is 1. The molecule has 1 atom stereocenters. The monoisotopic (exact) mass is 258 g/mol. The lowest BCUT2D eigenvalue weighted by Crippen LogP contribution is -2.37. The minimum Gasteiger partial charge on any atom is -0.398 e. The van der Waals surface area contributed by atoms with E-state index in [1.165, 1.54) is 6.07 Å². The molecule has 0 saturated heterocycles. The minimum absolute atomic E-state index is 0.0509. The summed E-state index contributed by atoms with van der Waals surface area (Å²) in [6.07, 6.45) is 0.515. The summed E-state index contributed by atoms with van der Waals surface area (Å²) < 4.78 is 26.4. The molecule has 0 heterocycles. The molecular weight excluding hydrogens is 240 g/mol. The Morgan fingerprint density at radius 3 is 2.59 bits per heavy atom. The van der Waals surface area contributed by atoms with Crippen molar-refractivity contribution in [3.05, 3.63) is 23.8 Å². The van der Waals surface area contributed by atoms with Crippen LogP contribution in [-0.4, -0.2) is 26.2 Å². The van der Waals surface area contributed by atoms with Crippen molar-refractivity contribution in [1.82, 2.24) is 4.72 Å². The van der Waals surface area contributed by atoms with E-state index in [2.05, 4.69) is 4.72 Å². The molecule has 96 valence electrons. The fourth-order valence-electron chi connectivity index (χ4n) is 1.45. The topological polar surface area (TPSA) is 92.4 Å². The van der Waals surface area contributed by atoms with E-state index >= 15 is 0 Å². The Labute approximate surface area is 102 Å². The van der Waals surface area contributed by atoms with E-state index in [4.69, 9.17) is 10.8 Å². The van der Waals surface area contributed by atoms with Gasteiger partial charge < -0.3 is 10.8 Å². The zero-order valence-electron chi connectivity index (χ0n) is 9.97. The van der Waals surface area contributed by atoms with Crippen molar-refractivity contribution in [1.29, 1.82) is 0 Å². The van der Waals surface area contributed by atoms with E-state index in [9.17, 15) is 8.42 Å². The number of sulfonamides is 1. The van der Waals surface area contributed by atoms with Crippen LogP contribution in [-0.2, 0) is 10.0 Å². The van der Waals surface area contributed by atoms with Crippen LogP contribution in [0.15, 0.2) is 23.1 Å². The number of aliphatic hydroxyl groups excluding tert-OH is 1. The maximum absolute atomic E-state index is 12.0. The Bertz CT molecular complexity index is 481. The third-order valence-corrected chi connectivity index (χ3v) is 4.08. The Morgan fingerprint density at radius 2 is 2.12 bits per heavy atom. The fourth-order valence-corrected chi connectivity index (χ4v) is 2.87. The average Bonchev–Trinajstić information content (AvgIpc) is 2.25. The van der Waals surface area contributed by atoms with Gasteiger partial charge in [-0.2, -0.15) is 0 Å². The first-order valence-electron chi connectivity index (χ1n) is 5.40. The van der Waals surface area contributed by atoms with E-state index in [1.807, 2.05) is 6.92 Å². The normalized spacial score (nSPS) is 13.6. The molecule has 0 saturated carbocycles. The van der Waals surface area contributed by atoms with Crippen molar-refractivity contribution in [3.8, 4) is 0 Å². The first-order chi connectivity index (χ1) is 7.90. The lowest BCUT2D eigenvalue weighted by molar-refractivity contribution is 0.254. The smallest absolute Gasteiger partial charge is 0.242 e. The standard InChI is InChI=1S/C11H18N2O3S/c1-3-9(7-14)13-17(15,16)11-5-4-8(2)6-10(11)12/h4-6,9,13-14H,3,7,12H2,1-2H3. The summed E-state index contributed by atoms with van der Waals surface area (Å²) in [5.41, 5.74) is 6.80. The molecule has 0 radical (unpaired) electrons. The average molecular weight is 258 g/mol. The SMILES string of the molecule is CCC(CO)NS(=O)(=O)c1ccc(C)cc1N. The molecule has 0 aromatic heterocycles. The summed E-state index contributed by atoms with van der Waals surface area (Å²) in [4.78, 5) is 0.0509. The Morgan fingerprint density at radius 1 is 1.47 bits per heavy atom. The third-order valence-electron chi connectivity index (χ3n) is 2.49. The molecule has 0 bridgehead atoms. The first kappa shape index (κ1) is 14.0. The van der Waals surface area contributed by atoms with Gasteiger partial charge in [-0.15, -0.1) is 0 Å². The molecule has 17 heavy (non-hydrogen) atoms. The maximum atomic E-state index is 12.0. The van der Waals surface area contributed by atoms with Gasteiger partial charge in [0.2, 0.25) is 10.0 Å². The van der Waals surface area contributed by atoms with Crippen molar-refractivity contribution >= 4 is 15.7 Å². The number of anilines is 1. The van der Waals surface area contributed by atoms with Gasteiger partial charge in [-0.1, -0.05) is 13.0 Å². The van der Waals surface area contributed by atoms with Gasteiger partial charge in [-0.05, 0) is 31.0 Å². The molecule has 1 unspecified atom stereocenters. The predicted molar refractivity (Wildman–Crippen MR) is 67.1 cm³/mol. The number of aryl methyl sites for hydroxylation is 1. The first-order valence-corrected chi connectivity index (χ1v) is 6.88. The molecule has 0 fully saturated rings. The van der Waals surface area contributed by atoms with Crippen LogP contribution in [0.2, 0.25) is 0 Å². The highest BCUT2D eigenvalue weighted by Gasteiger charge is 2.20. The largest absolute Gasteiger partial charge is 0.398 e. The zero-order chi connectivity index (χ0) is 13.1. The molecule has 0 aliphatic rings. The van der Waals surface area contributed by atoms with Gasteiger partial charge in [-0.3, -0.25) is 0 Å². The van der Waals surface area contributed by atoms with Crippen molar-refractivity contribution < 1.29 is 13.5 Å². The van der Waals surface area contributed by atoms with Gasteiger partial charge in [0, 0.05) is 6.04 Å². The van der Waals surface area contributed by atoms with Crippen LogP contribution in [0, 0.1) is 6.92 Å². The van der Waals surface area contributed by atoms with Crippen LogP contribution >= 0.6 is 0 Å². The van der Waals surface area contributed by atoms with Gasteiger partial charge in [0.25, 0.3) is 0 Å². The summed E-state index contributed by atoms with van der Waals surface area (Å²) in [6.45, 7) is 3.39. The van der Waals surface area contributed by atoms with E-state index in [-0.39, 0.29) is 17.2 Å². The molecule has 0 aliphatic heterocycles. The molecule has 5 nitrogen and oxygen atoms in total. The van der Waals surface area contributed by atoms with Crippen molar-refractivity contribution in [2.75, 3.05) is 12.3 Å². The number of hydrogen-bond donors (Lipinski definition) is 3. The predicted octanol–water partition coefficient (Wildman–Crippen LogP) is 0.626. The lowest BCUT2D eigenvalue weighted by atomic mass is 10.2. The molecule has 0 amide bonds. The van der Waals surface area contributed by atoms with Crippen molar-refractivity contribution in [2.45, 2.75) is 31.2 Å². The van der Waals surface area contributed by atoms with Gasteiger partial charge >= 0.3 is 0 Å². The van der Waals surface area contributed by atoms with Gasteiger partial charge in [0.1, 0.15) is 4.90 Å². The van der Waals surface area contributed by atoms with Crippen molar-refractivity contribution in [3.63, 3.8) is 0 Å². The Balaban J connectivity index is 3.05. The summed E-state index contributed by atoms with van der Waals surface area (Å²) in [6, 6.07) is 4.27. The van der Waals surface area contributed by atoms with Crippen molar-refractivity contribution in [2.24, 2.45) is 0 Å². The highest BCUT2D eigenvalue weighted by atomic mass is 32.2. The van der Waals surface area contributed by atoms with E-state index in [0.29, 0.717) is 6.42 Å². The maximum Gasteiger partial charge on any atom is 0.242 e. The van der Waals surface area contributed by atoms with Gasteiger partial charge in [0.05, 0.1) is 12.3 Å². The van der Waals surface area contributed by atoms with E-state index < -0.39 is 16.1 Å². The van der Waals surface area contributed by atoms with E-state index in [1.54, 1.807) is 19.1 Å². The summed E-state index contributed by atoms with van der Waals surface area (Å²) in [7, 11) is -3.67. The van der Waals surface area contributed by atoms with E-state index in [0.717, 1.165) is 5.56 Å². The molecule has 0 aliphatic carbocycles. The molecular formula is C11H18N2O3S. The van der Waals surface area contributed by atoms with Crippen LogP contribution in [0.25, 0.3) is 0 Å². The molecule has 0 spiro atoms. The van der Waals surface area contributed by atoms with Crippen LogP contribution in [0.1, 0.15) is 18.9 Å². The summed E-state index contributed by atoms with van der Waals surface area (Å²) in [5, 5.41) is 8.99. The van der Waals surface area contributed by atoms with Crippen LogP contribution in [0.4, 0.5) is 5.69 Å². The molecule has 4 N–H and O–H groups in total. The minimum atomic E-state index is -3.67. The van der Waals surface area contributed by atoms with Crippen LogP contribution < -0.4 is 10.5 Å². The molecule has 6 heteroatoms. The fraction of sp³-hybridized carbons (Fsp3) is 0.455. The summed E-state index contributed by atoms with van der Waals surface area (Å²) in [5.74, 6) is 0. The third kappa shape index (κ3) is 3.42. The molecule has 1 rings (SSSR count). The van der Waals surface area contributed by atoms with Gasteiger partial charge in [-0.25, -0.2) is 13.1 Å². The molecule has 1 aromatic carbocycles. The number of aliphatic hydroxyl groups is 1. The lowest BCUT2D eigenvalue weighted by Gasteiger charge is -2.15. The Hall–Kier alpha value is -1.11. The number of nitrogens with one attached hydrogen (secondary N) is 1. The van der Waals surface area contributed by atoms with Crippen LogP contribution in [0.3, 0.4) is 0 Å². The zero-order valence-corrected chi connectivity index (χ0v) is 10.8. The second-order valence-corrected chi connectivity index (χ2v) is 5.63. The van der Waals surface area contributed by atoms with Crippen LogP contribution in [0.5, 0.6) is 0 Å². The highest BCUT2D eigenvalue weighted by Crippen LogP contribution is 2.19. The Kier molecular flexibility index (Phi) is 4.50. The molecule has 1 aromatic rings. The second kappa shape index (κ2) is 5.48.